The number of hydrogen-bond donors (Lipinski definition) is 0. The summed E-state index contributed by atoms with van der Waals surface area (Å²) >= 11 is 19.1. The maximum absolute atomic E-state index is 6.55. The van der Waals surface area contributed by atoms with Gasteiger partial charge in [0, 0.05) is 11.1 Å². The number of rotatable bonds is 2. The van der Waals surface area contributed by atoms with Crippen molar-refractivity contribution in [3.63, 3.8) is 0 Å². The van der Waals surface area contributed by atoms with E-state index in [1.54, 1.807) is 0 Å². The summed E-state index contributed by atoms with van der Waals surface area (Å²) in [5.41, 5.74) is 3.15. The number of halogens is 3. The van der Waals surface area contributed by atoms with E-state index in [2.05, 4.69) is 4.98 Å². The Morgan fingerprint density at radius 2 is 1.14 bits per heavy atom. The van der Waals surface area contributed by atoms with Gasteiger partial charge in [-0.3, -0.25) is 0 Å². The molecule has 0 amide bonds. The average molecular weight is 335 g/mol. The fourth-order valence-electron chi connectivity index (χ4n) is 2.16. The zero-order chi connectivity index (χ0) is 14.8. The molecule has 3 rings (SSSR count). The van der Waals surface area contributed by atoms with Gasteiger partial charge in [0.1, 0.15) is 5.15 Å². The van der Waals surface area contributed by atoms with Crippen LogP contribution in [0.2, 0.25) is 15.2 Å². The zero-order valence-corrected chi connectivity index (χ0v) is 13.1. The highest BCUT2D eigenvalue weighted by Crippen LogP contribution is 2.42. The highest BCUT2D eigenvalue weighted by Gasteiger charge is 2.18. The van der Waals surface area contributed by atoms with Crippen molar-refractivity contribution in [1.29, 1.82) is 0 Å². The summed E-state index contributed by atoms with van der Waals surface area (Å²) in [7, 11) is 0. The summed E-state index contributed by atoms with van der Waals surface area (Å²) in [5, 5.41) is 1.12. The Kier molecular flexibility index (Phi) is 4.16. The van der Waals surface area contributed by atoms with Gasteiger partial charge in [-0.05, 0) is 5.56 Å². The lowest BCUT2D eigenvalue weighted by atomic mass is 10.0. The lowest BCUT2D eigenvalue weighted by Crippen LogP contribution is -1.92. The normalized spacial score (nSPS) is 10.6. The van der Waals surface area contributed by atoms with Gasteiger partial charge in [-0.2, -0.15) is 0 Å². The molecule has 4 heteroatoms. The van der Waals surface area contributed by atoms with Crippen LogP contribution in [0.15, 0.2) is 60.7 Å². The van der Waals surface area contributed by atoms with E-state index in [1.165, 1.54) is 0 Å². The third-order valence-corrected chi connectivity index (χ3v) is 4.25. The SMILES string of the molecule is Clc1nc(-c2ccccc2)c(Cl)c(-c2ccccc2)c1Cl. The topological polar surface area (TPSA) is 12.9 Å². The van der Waals surface area contributed by atoms with E-state index in [4.69, 9.17) is 34.8 Å². The van der Waals surface area contributed by atoms with Gasteiger partial charge in [0.2, 0.25) is 0 Å². The molecule has 0 saturated carbocycles. The molecule has 0 unspecified atom stereocenters. The molecule has 0 aliphatic rings. The number of nitrogens with zero attached hydrogens (tertiary/aromatic N) is 1. The van der Waals surface area contributed by atoms with Crippen molar-refractivity contribution in [3.8, 4) is 22.4 Å². The van der Waals surface area contributed by atoms with Crippen LogP contribution in [0.3, 0.4) is 0 Å². The molecule has 1 nitrogen and oxygen atoms in total. The van der Waals surface area contributed by atoms with Crippen LogP contribution in [0.4, 0.5) is 0 Å². The van der Waals surface area contributed by atoms with E-state index < -0.39 is 0 Å². The summed E-state index contributed by atoms with van der Waals surface area (Å²) in [6.45, 7) is 0. The molecule has 1 aromatic heterocycles. The van der Waals surface area contributed by atoms with E-state index in [-0.39, 0.29) is 5.15 Å². The van der Waals surface area contributed by atoms with Crippen LogP contribution < -0.4 is 0 Å². The molecule has 0 radical (unpaired) electrons. The summed E-state index contributed by atoms with van der Waals surface area (Å²) in [4.78, 5) is 4.33. The van der Waals surface area contributed by atoms with Crippen molar-refractivity contribution in [2.24, 2.45) is 0 Å². The van der Waals surface area contributed by atoms with Crippen LogP contribution in [0.5, 0.6) is 0 Å². The number of pyridine rings is 1. The Morgan fingerprint density at radius 3 is 1.71 bits per heavy atom. The largest absolute Gasteiger partial charge is 0.233 e. The lowest BCUT2D eigenvalue weighted by Gasteiger charge is -2.13. The fraction of sp³-hybridized carbons (Fsp3) is 0. The molecule has 0 spiro atoms. The van der Waals surface area contributed by atoms with Gasteiger partial charge in [-0.15, -0.1) is 0 Å². The van der Waals surface area contributed by atoms with Crippen molar-refractivity contribution >= 4 is 34.8 Å². The first-order chi connectivity index (χ1) is 10.2. The van der Waals surface area contributed by atoms with Crippen molar-refractivity contribution in [3.05, 3.63) is 75.9 Å². The van der Waals surface area contributed by atoms with Crippen molar-refractivity contribution in [2.45, 2.75) is 0 Å². The zero-order valence-electron chi connectivity index (χ0n) is 10.9. The minimum Gasteiger partial charge on any atom is -0.233 e. The molecule has 0 bridgehead atoms. The van der Waals surface area contributed by atoms with Gasteiger partial charge < -0.3 is 0 Å². The second-order valence-electron chi connectivity index (χ2n) is 4.49. The van der Waals surface area contributed by atoms with Crippen LogP contribution in [0, 0.1) is 0 Å². The van der Waals surface area contributed by atoms with Crippen molar-refractivity contribution < 1.29 is 0 Å². The van der Waals surface area contributed by atoms with E-state index in [9.17, 15) is 0 Å². The van der Waals surface area contributed by atoms with E-state index in [1.807, 2.05) is 60.7 Å². The van der Waals surface area contributed by atoms with Crippen molar-refractivity contribution in [1.82, 2.24) is 4.98 Å². The molecule has 0 aliphatic heterocycles. The van der Waals surface area contributed by atoms with E-state index >= 15 is 0 Å². The Labute approximate surface area is 138 Å². The highest BCUT2D eigenvalue weighted by atomic mass is 35.5. The van der Waals surface area contributed by atoms with Crippen LogP contribution >= 0.6 is 34.8 Å². The van der Waals surface area contributed by atoms with Crippen LogP contribution in [-0.2, 0) is 0 Å². The van der Waals surface area contributed by atoms with Crippen LogP contribution in [0.25, 0.3) is 22.4 Å². The maximum atomic E-state index is 6.55. The minimum absolute atomic E-state index is 0.249. The standard InChI is InChI=1S/C17H10Cl3N/c18-14-13(11-7-3-1-4-8-11)15(19)17(20)21-16(14)12-9-5-2-6-10-12/h1-10H. The molecular weight excluding hydrogens is 325 g/mol. The minimum atomic E-state index is 0.249. The van der Waals surface area contributed by atoms with Gasteiger partial charge in [0.05, 0.1) is 15.7 Å². The molecule has 0 N–H and O–H groups in total. The monoisotopic (exact) mass is 333 g/mol. The molecule has 0 fully saturated rings. The predicted molar refractivity (Wildman–Crippen MR) is 90.1 cm³/mol. The first-order valence-electron chi connectivity index (χ1n) is 6.34. The Bertz CT molecular complexity index is 771. The van der Waals surface area contributed by atoms with Crippen LogP contribution in [0.1, 0.15) is 0 Å². The smallest absolute Gasteiger partial charge is 0.149 e. The Morgan fingerprint density at radius 1 is 0.619 bits per heavy atom. The summed E-state index contributed by atoms with van der Waals surface area (Å²) in [6, 6.07) is 19.4. The third kappa shape index (κ3) is 2.77. The second-order valence-corrected chi connectivity index (χ2v) is 5.60. The summed E-state index contributed by atoms with van der Waals surface area (Å²) in [6.07, 6.45) is 0. The molecule has 104 valence electrons. The number of aromatic nitrogens is 1. The van der Waals surface area contributed by atoms with Gasteiger partial charge >= 0.3 is 0 Å². The Hall–Kier alpha value is -1.54. The highest BCUT2D eigenvalue weighted by molar-refractivity contribution is 6.46. The lowest BCUT2D eigenvalue weighted by molar-refractivity contribution is 1.32. The maximum Gasteiger partial charge on any atom is 0.149 e. The molecular formula is C17H10Cl3N. The molecule has 1 heterocycles. The molecule has 0 atom stereocenters. The second kappa shape index (κ2) is 6.07. The Balaban J connectivity index is 2.29. The van der Waals surface area contributed by atoms with Crippen LogP contribution in [-0.4, -0.2) is 4.98 Å². The number of benzene rings is 2. The van der Waals surface area contributed by atoms with Crippen molar-refractivity contribution in [2.75, 3.05) is 0 Å². The molecule has 21 heavy (non-hydrogen) atoms. The molecule has 3 aromatic rings. The molecule has 0 saturated heterocycles. The first-order valence-corrected chi connectivity index (χ1v) is 7.47. The van der Waals surface area contributed by atoms with Gasteiger partial charge in [-0.25, -0.2) is 4.98 Å². The van der Waals surface area contributed by atoms with Gasteiger partial charge in [0.25, 0.3) is 0 Å². The predicted octanol–water partition coefficient (Wildman–Crippen LogP) is 6.38. The van der Waals surface area contributed by atoms with E-state index in [0.717, 1.165) is 11.1 Å². The summed E-state index contributed by atoms with van der Waals surface area (Å²) < 4.78 is 0. The number of hydrogen-bond acceptors (Lipinski definition) is 1. The van der Waals surface area contributed by atoms with Gasteiger partial charge in [-0.1, -0.05) is 95.5 Å². The quantitative estimate of drug-likeness (QED) is 0.496. The first kappa shape index (κ1) is 14.4. The average Bonchev–Trinajstić information content (AvgIpc) is 2.53. The third-order valence-electron chi connectivity index (χ3n) is 3.15. The fourth-order valence-corrected chi connectivity index (χ4v) is 2.99. The molecule has 0 aliphatic carbocycles. The van der Waals surface area contributed by atoms with Gasteiger partial charge in [0.15, 0.2) is 0 Å². The summed E-state index contributed by atoms with van der Waals surface area (Å²) in [5.74, 6) is 0. The molecule has 2 aromatic carbocycles. The van der Waals surface area contributed by atoms with E-state index in [0.29, 0.717) is 21.3 Å².